The highest BCUT2D eigenvalue weighted by Gasteiger charge is 1.92. The first-order valence-corrected chi connectivity index (χ1v) is 5.20. The summed E-state index contributed by atoms with van der Waals surface area (Å²) in [5, 5.41) is 10.1. The van der Waals surface area contributed by atoms with Crippen LogP contribution in [0.2, 0.25) is 0 Å². The largest absolute Gasteiger partial charge is 0.381 e. The zero-order valence-corrected chi connectivity index (χ0v) is 8.75. The number of hydrogen-bond acceptors (Lipinski definition) is 3. The molecule has 80 valence electrons. The summed E-state index contributed by atoms with van der Waals surface area (Å²) in [4.78, 5) is 0. The van der Waals surface area contributed by atoms with E-state index in [2.05, 4.69) is 22.4 Å². The van der Waals surface area contributed by atoms with Crippen molar-refractivity contribution >= 4 is 0 Å². The predicted molar refractivity (Wildman–Crippen MR) is 56.0 cm³/mol. The van der Waals surface area contributed by atoms with Crippen LogP contribution in [0.3, 0.4) is 0 Å². The number of nitrogens with zero attached hydrogens (tertiary/aromatic N) is 1. The molecule has 4 nitrogen and oxygen atoms in total. The Morgan fingerprint density at radius 1 is 1.50 bits per heavy atom. The molecule has 0 spiro atoms. The molecule has 0 aliphatic rings. The molecule has 0 radical (unpaired) electrons. The SMILES string of the molecule is CCCOCCCNCc1ccn[nH]1. The molecule has 0 atom stereocenters. The average molecular weight is 197 g/mol. The molecule has 0 bridgehead atoms. The van der Waals surface area contributed by atoms with Crippen molar-refractivity contribution in [2.75, 3.05) is 19.8 Å². The van der Waals surface area contributed by atoms with E-state index in [-0.39, 0.29) is 0 Å². The standard InChI is InChI=1S/C10H19N3O/c1-2-7-14-8-3-5-11-9-10-4-6-12-13-10/h4,6,11H,2-3,5,7-9H2,1H3,(H,12,13). The maximum Gasteiger partial charge on any atom is 0.0490 e. The number of rotatable bonds is 8. The predicted octanol–water partition coefficient (Wildman–Crippen LogP) is 1.32. The van der Waals surface area contributed by atoms with Crippen LogP contribution in [0, 0.1) is 0 Å². The van der Waals surface area contributed by atoms with Gasteiger partial charge in [-0.1, -0.05) is 6.92 Å². The Morgan fingerprint density at radius 2 is 2.43 bits per heavy atom. The van der Waals surface area contributed by atoms with Gasteiger partial charge >= 0.3 is 0 Å². The second kappa shape index (κ2) is 7.53. The van der Waals surface area contributed by atoms with Gasteiger partial charge in [0, 0.05) is 31.6 Å². The summed E-state index contributed by atoms with van der Waals surface area (Å²) in [6.07, 6.45) is 3.93. The molecule has 1 aromatic heterocycles. The van der Waals surface area contributed by atoms with Gasteiger partial charge in [-0.3, -0.25) is 5.10 Å². The molecule has 0 aliphatic heterocycles. The molecule has 0 aliphatic carbocycles. The molecule has 0 saturated heterocycles. The quantitative estimate of drug-likeness (QED) is 0.618. The molecular weight excluding hydrogens is 178 g/mol. The third-order valence-electron chi connectivity index (χ3n) is 1.86. The van der Waals surface area contributed by atoms with Crippen molar-refractivity contribution < 1.29 is 4.74 Å². The van der Waals surface area contributed by atoms with E-state index < -0.39 is 0 Å². The maximum atomic E-state index is 5.36. The summed E-state index contributed by atoms with van der Waals surface area (Å²) in [6, 6.07) is 1.97. The highest BCUT2D eigenvalue weighted by Crippen LogP contribution is 1.90. The first-order chi connectivity index (χ1) is 6.93. The lowest BCUT2D eigenvalue weighted by Crippen LogP contribution is -2.16. The van der Waals surface area contributed by atoms with E-state index in [0.717, 1.165) is 44.8 Å². The van der Waals surface area contributed by atoms with Gasteiger partial charge in [0.15, 0.2) is 0 Å². The van der Waals surface area contributed by atoms with E-state index in [1.54, 1.807) is 6.20 Å². The summed E-state index contributed by atoms with van der Waals surface area (Å²) in [7, 11) is 0. The summed E-state index contributed by atoms with van der Waals surface area (Å²) >= 11 is 0. The van der Waals surface area contributed by atoms with E-state index in [9.17, 15) is 0 Å². The number of hydrogen-bond donors (Lipinski definition) is 2. The topological polar surface area (TPSA) is 49.9 Å². The molecule has 4 heteroatoms. The average Bonchev–Trinajstić information content (AvgIpc) is 2.69. The lowest BCUT2D eigenvalue weighted by atomic mass is 10.4. The van der Waals surface area contributed by atoms with Crippen LogP contribution in [0.4, 0.5) is 0 Å². The summed E-state index contributed by atoms with van der Waals surface area (Å²) in [5.41, 5.74) is 1.12. The lowest BCUT2D eigenvalue weighted by Gasteiger charge is -2.03. The van der Waals surface area contributed by atoms with Gasteiger partial charge in [-0.25, -0.2) is 0 Å². The van der Waals surface area contributed by atoms with E-state index >= 15 is 0 Å². The van der Waals surface area contributed by atoms with Crippen molar-refractivity contribution in [2.45, 2.75) is 26.3 Å². The molecule has 1 heterocycles. The second-order valence-corrected chi connectivity index (χ2v) is 3.22. The van der Waals surface area contributed by atoms with Crippen molar-refractivity contribution in [1.82, 2.24) is 15.5 Å². The van der Waals surface area contributed by atoms with Gasteiger partial charge in [-0.05, 0) is 25.5 Å². The first-order valence-electron chi connectivity index (χ1n) is 5.20. The molecule has 1 rings (SSSR count). The monoisotopic (exact) mass is 197 g/mol. The lowest BCUT2D eigenvalue weighted by molar-refractivity contribution is 0.132. The van der Waals surface area contributed by atoms with Gasteiger partial charge in [0.25, 0.3) is 0 Å². The van der Waals surface area contributed by atoms with Crippen LogP contribution < -0.4 is 5.32 Å². The Morgan fingerprint density at radius 3 is 3.14 bits per heavy atom. The van der Waals surface area contributed by atoms with Crippen LogP contribution in [0.5, 0.6) is 0 Å². The number of H-pyrrole nitrogens is 1. The van der Waals surface area contributed by atoms with E-state index in [1.807, 2.05) is 6.07 Å². The van der Waals surface area contributed by atoms with E-state index in [0.29, 0.717) is 0 Å². The van der Waals surface area contributed by atoms with E-state index in [1.165, 1.54) is 0 Å². The van der Waals surface area contributed by atoms with Gasteiger partial charge in [-0.2, -0.15) is 5.10 Å². The zero-order chi connectivity index (χ0) is 10.1. The smallest absolute Gasteiger partial charge is 0.0490 e. The molecule has 0 aromatic carbocycles. The summed E-state index contributed by atoms with van der Waals surface area (Å²) in [5.74, 6) is 0. The minimum atomic E-state index is 0.851. The van der Waals surface area contributed by atoms with Crippen LogP contribution in [0.15, 0.2) is 12.3 Å². The summed E-state index contributed by atoms with van der Waals surface area (Å²) < 4.78 is 5.36. The van der Waals surface area contributed by atoms with E-state index in [4.69, 9.17) is 4.74 Å². The van der Waals surface area contributed by atoms with Crippen LogP contribution in [-0.2, 0) is 11.3 Å². The highest BCUT2D eigenvalue weighted by molar-refractivity contribution is 4.96. The fourth-order valence-electron chi connectivity index (χ4n) is 1.15. The Labute approximate surface area is 85.0 Å². The molecule has 14 heavy (non-hydrogen) atoms. The Kier molecular flexibility index (Phi) is 6.02. The number of aromatic nitrogens is 2. The Hall–Kier alpha value is -0.870. The molecule has 2 N–H and O–H groups in total. The minimum absolute atomic E-state index is 0.851. The zero-order valence-electron chi connectivity index (χ0n) is 8.75. The third-order valence-corrected chi connectivity index (χ3v) is 1.86. The molecule has 0 unspecified atom stereocenters. The number of aromatic amines is 1. The van der Waals surface area contributed by atoms with Gasteiger partial charge in [0.1, 0.15) is 0 Å². The van der Waals surface area contributed by atoms with Crippen LogP contribution in [-0.4, -0.2) is 30.0 Å². The van der Waals surface area contributed by atoms with Crippen molar-refractivity contribution in [1.29, 1.82) is 0 Å². The highest BCUT2D eigenvalue weighted by atomic mass is 16.5. The number of ether oxygens (including phenoxy) is 1. The van der Waals surface area contributed by atoms with Crippen molar-refractivity contribution in [3.63, 3.8) is 0 Å². The van der Waals surface area contributed by atoms with Gasteiger partial charge in [0.05, 0.1) is 0 Å². The molecular formula is C10H19N3O. The van der Waals surface area contributed by atoms with Crippen molar-refractivity contribution in [2.24, 2.45) is 0 Å². The normalized spacial score (nSPS) is 10.6. The fraction of sp³-hybridized carbons (Fsp3) is 0.700. The Balaban J connectivity index is 1.85. The van der Waals surface area contributed by atoms with Gasteiger partial charge in [-0.15, -0.1) is 0 Å². The number of nitrogens with one attached hydrogen (secondary N) is 2. The fourth-order valence-corrected chi connectivity index (χ4v) is 1.15. The summed E-state index contributed by atoms with van der Waals surface area (Å²) in [6.45, 7) is 5.69. The van der Waals surface area contributed by atoms with Crippen LogP contribution >= 0.6 is 0 Å². The molecule has 1 aromatic rings. The van der Waals surface area contributed by atoms with Gasteiger partial charge in [0.2, 0.25) is 0 Å². The molecule has 0 amide bonds. The van der Waals surface area contributed by atoms with Crippen molar-refractivity contribution in [3.8, 4) is 0 Å². The molecule has 0 saturated carbocycles. The van der Waals surface area contributed by atoms with Gasteiger partial charge < -0.3 is 10.1 Å². The molecule has 0 fully saturated rings. The Bertz CT molecular complexity index is 211. The van der Waals surface area contributed by atoms with Crippen molar-refractivity contribution in [3.05, 3.63) is 18.0 Å². The maximum absolute atomic E-state index is 5.36. The first kappa shape index (κ1) is 11.2. The second-order valence-electron chi connectivity index (χ2n) is 3.22. The minimum Gasteiger partial charge on any atom is -0.381 e. The van der Waals surface area contributed by atoms with Crippen LogP contribution in [0.25, 0.3) is 0 Å². The third kappa shape index (κ3) is 4.99. The van der Waals surface area contributed by atoms with Crippen LogP contribution in [0.1, 0.15) is 25.5 Å².